The number of hydrogen-bond acceptors (Lipinski definition) is 3. The van der Waals surface area contributed by atoms with E-state index in [4.69, 9.17) is 16.7 Å². The molecule has 0 spiro atoms. The number of carboxylic acids is 1. The highest BCUT2D eigenvalue weighted by molar-refractivity contribution is 9.10. The molecule has 0 fully saturated rings. The Labute approximate surface area is 153 Å². The lowest BCUT2D eigenvalue weighted by Gasteiger charge is -2.18. The number of nitrogens with one attached hydrogen (secondary N) is 1. The molecule has 0 aliphatic carbocycles. The number of hydrogen-bond donors (Lipinski definition) is 2. The highest BCUT2D eigenvalue weighted by Gasteiger charge is 2.25. The van der Waals surface area contributed by atoms with Gasteiger partial charge in [0.25, 0.3) is 0 Å². The van der Waals surface area contributed by atoms with E-state index in [1.165, 1.54) is 12.1 Å². The third kappa shape index (κ3) is 4.80. The summed E-state index contributed by atoms with van der Waals surface area (Å²) in [5.74, 6) is -1.11. The number of halogens is 2. The van der Waals surface area contributed by atoms with E-state index in [2.05, 4.69) is 20.7 Å². The molecule has 0 radical (unpaired) electrons. The van der Waals surface area contributed by atoms with Gasteiger partial charge in [-0.3, -0.25) is 4.79 Å². The molecular formula is C16H15BrClNO4S. The molecule has 5 nitrogen and oxygen atoms in total. The average molecular weight is 433 g/mol. The Bertz CT molecular complexity index is 853. The van der Waals surface area contributed by atoms with Crippen LogP contribution < -0.4 is 4.72 Å². The molecule has 128 valence electrons. The number of aliphatic carboxylic acids is 1. The lowest BCUT2D eigenvalue weighted by Crippen LogP contribution is -2.30. The standard InChI is InChI=1S/C16H15BrClNO4S/c1-10-2-4-11(5-3-10)14(9-16(20)21)19-24(22,23)15-7-6-12(17)8-13(15)18/h2-8,14,19H,9H2,1H3,(H,20,21)/t14-/m1/s1. The van der Waals surface area contributed by atoms with Gasteiger partial charge in [-0.1, -0.05) is 57.4 Å². The molecule has 2 aromatic carbocycles. The van der Waals surface area contributed by atoms with Crippen LogP contribution in [0.3, 0.4) is 0 Å². The van der Waals surface area contributed by atoms with Crippen molar-refractivity contribution in [3.05, 3.63) is 63.1 Å². The van der Waals surface area contributed by atoms with Crippen LogP contribution >= 0.6 is 27.5 Å². The molecular weight excluding hydrogens is 418 g/mol. The molecule has 0 aliphatic heterocycles. The van der Waals surface area contributed by atoms with Gasteiger partial charge in [0.15, 0.2) is 0 Å². The van der Waals surface area contributed by atoms with E-state index >= 15 is 0 Å². The summed E-state index contributed by atoms with van der Waals surface area (Å²) in [6.07, 6.45) is -0.379. The first-order chi connectivity index (χ1) is 11.2. The van der Waals surface area contributed by atoms with Gasteiger partial charge in [-0.15, -0.1) is 0 Å². The van der Waals surface area contributed by atoms with Crippen LogP contribution in [0.4, 0.5) is 0 Å². The van der Waals surface area contributed by atoms with Crippen LogP contribution in [-0.2, 0) is 14.8 Å². The lowest BCUT2D eigenvalue weighted by atomic mass is 10.0. The van der Waals surface area contributed by atoms with Gasteiger partial charge >= 0.3 is 5.97 Å². The van der Waals surface area contributed by atoms with E-state index in [0.29, 0.717) is 10.0 Å². The van der Waals surface area contributed by atoms with Crippen LogP contribution in [0.2, 0.25) is 5.02 Å². The Morgan fingerprint density at radius 1 is 1.25 bits per heavy atom. The van der Waals surface area contributed by atoms with Crippen LogP contribution in [0, 0.1) is 6.92 Å². The summed E-state index contributed by atoms with van der Waals surface area (Å²) in [5.41, 5.74) is 1.56. The lowest BCUT2D eigenvalue weighted by molar-refractivity contribution is -0.137. The first kappa shape index (κ1) is 18.9. The number of rotatable bonds is 6. The normalized spacial score (nSPS) is 12.8. The predicted octanol–water partition coefficient (Wildman–Crippen LogP) is 3.91. The van der Waals surface area contributed by atoms with Gasteiger partial charge < -0.3 is 5.11 Å². The van der Waals surface area contributed by atoms with Gasteiger partial charge in [-0.05, 0) is 30.7 Å². The molecule has 0 saturated carbocycles. The summed E-state index contributed by atoms with van der Waals surface area (Å²) >= 11 is 9.22. The molecule has 0 saturated heterocycles. The van der Waals surface area contributed by atoms with Gasteiger partial charge in [0.2, 0.25) is 10.0 Å². The predicted molar refractivity (Wildman–Crippen MR) is 95.6 cm³/mol. The number of sulfonamides is 1. The summed E-state index contributed by atoms with van der Waals surface area (Å²) in [4.78, 5) is 11.0. The van der Waals surface area contributed by atoms with Crippen molar-refractivity contribution in [3.63, 3.8) is 0 Å². The molecule has 8 heteroatoms. The summed E-state index contributed by atoms with van der Waals surface area (Å²) < 4.78 is 28.3. The highest BCUT2D eigenvalue weighted by Crippen LogP contribution is 2.27. The first-order valence-corrected chi connectivity index (χ1v) is 9.60. The summed E-state index contributed by atoms with van der Waals surface area (Å²) in [7, 11) is -3.98. The van der Waals surface area contributed by atoms with Gasteiger partial charge in [-0.2, -0.15) is 0 Å². The van der Waals surface area contributed by atoms with E-state index in [1.807, 2.05) is 6.92 Å². The number of benzene rings is 2. The fourth-order valence-electron chi connectivity index (χ4n) is 2.14. The zero-order valence-corrected chi connectivity index (χ0v) is 15.8. The van der Waals surface area contributed by atoms with E-state index in [0.717, 1.165) is 5.56 Å². The maximum absolute atomic E-state index is 12.6. The summed E-state index contributed by atoms with van der Waals surface area (Å²) in [5, 5.41) is 9.14. The second kappa shape index (κ2) is 7.65. The molecule has 1 atom stereocenters. The van der Waals surface area contributed by atoms with E-state index < -0.39 is 22.0 Å². The van der Waals surface area contributed by atoms with Crippen molar-refractivity contribution in [2.75, 3.05) is 0 Å². The van der Waals surface area contributed by atoms with Gasteiger partial charge in [0.1, 0.15) is 4.90 Å². The van der Waals surface area contributed by atoms with Crippen LogP contribution in [0.25, 0.3) is 0 Å². The topological polar surface area (TPSA) is 83.5 Å². The van der Waals surface area contributed by atoms with E-state index in [1.54, 1.807) is 30.3 Å². The van der Waals surface area contributed by atoms with Crippen molar-refractivity contribution < 1.29 is 18.3 Å². The second-order valence-corrected chi connectivity index (χ2v) is 8.26. The largest absolute Gasteiger partial charge is 0.481 e. The molecule has 2 rings (SSSR count). The number of carboxylic acid groups (broad SMARTS) is 1. The van der Waals surface area contributed by atoms with E-state index in [9.17, 15) is 13.2 Å². The highest BCUT2D eigenvalue weighted by atomic mass is 79.9. The maximum Gasteiger partial charge on any atom is 0.305 e. The SMILES string of the molecule is Cc1ccc([C@@H](CC(=O)O)NS(=O)(=O)c2ccc(Br)cc2Cl)cc1. The van der Waals surface area contributed by atoms with E-state index in [-0.39, 0.29) is 16.3 Å². The van der Waals surface area contributed by atoms with Crippen molar-refractivity contribution in [1.82, 2.24) is 4.72 Å². The summed E-state index contributed by atoms with van der Waals surface area (Å²) in [6.45, 7) is 1.89. The first-order valence-electron chi connectivity index (χ1n) is 6.95. The number of carbonyl (C=O) groups is 1. The molecule has 2 N–H and O–H groups in total. The minimum absolute atomic E-state index is 0.0508. The fraction of sp³-hybridized carbons (Fsp3) is 0.188. The van der Waals surface area contributed by atoms with Crippen molar-refractivity contribution >= 4 is 43.5 Å². The number of aryl methyl sites for hydroxylation is 1. The molecule has 0 bridgehead atoms. The smallest absolute Gasteiger partial charge is 0.305 e. The quantitative estimate of drug-likeness (QED) is 0.725. The zero-order chi connectivity index (χ0) is 17.9. The van der Waals surface area contributed by atoms with Crippen LogP contribution in [0.5, 0.6) is 0 Å². The Morgan fingerprint density at radius 2 is 1.88 bits per heavy atom. The zero-order valence-electron chi connectivity index (χ0n) is 12.7. The average Bonchev–Trinajstić information content (AvgIpc) is 2.46. The molecule has 0 unspecified atom stereocenters. The minimum atomic E-state index is -3.98. The van der Waals surface area contributed by atoms with Crippen LogP contribution in [-0.4, -0.2) is 19.5 Å². The third-order valence-corrected chi connectivity index (χ3v) is 5.79. The molecule has 0 amide bonds. The fourth-order valence-corrected chi connectivity index (χ4v) is 4.41. The Balaban J connectivity index is 2.37. The van der Waals surface area contributed by atoms with Gasteiger partial charge in [0.05, 0.1) is 17.5 Å². The molecule has 2 aromatic rings. The van der Waals surface area contributed by atoms with Crippen molar-refractivity contribution in [2.45, 2.75) is 24.3 Å². The maximum atomic E-state index is 12.6. The Hall–Kier alpha value is -1.41. The monoisotopic (exact) mass is 431 g/mol. The molecule has 0 aliphatic rings. The van der Waals surface area contributed by atoms with Gasteiger partial charge in [-0.25, -0.2) is 13.1 Å². The Morgan fingerprint density at radius 3 is 2.42 bits per heavy atom. The van der Waals surface area contributed by atoms with Crippen molar-refractivity contribution in [1.29, 1.82) is 0 Å². The Kier molecular flexibility index (Phi) is 6.03. The van der Waals surface area contributed by atoms with Crippen LogP contribution in [0.15, 0.2) is 51.8 Å². The van der Waals surface area contributed by atoms with Gasteiger partial charge in [0, 0.05) is 4.47 Å². The van der Waals surface area contributed by atoms with Crippen LogP contribution in [0.1, 0.15) is 23.6 Å². The van der Waals surface area contributed by atoms with Crippen molar-refractivity contribution in [2.24, 2.45) is 0 Å². The minimum Gasteiger partial charge on any atom is -0.481 e. The molecule has 24 heavy (non-hydrogen) atoms. The third-order valence-electron chi connectivity index (χ3n) is 3.34. The second-order valence-electron chi connectivity index (χ2n) is 5.26. The molecule has 0 heterocycles. The molecule has 0 aromatic heterocycles. The summed E-state index contributed by atoms with van der Waals surface area (Å²) in [6, 6.07) is 10.5. The van der Waals surface area contributed by atoms with Crippen molar-refractivity contribution in [3.8, 4) is 0 Å².